The largest absolute Gasteiger partial charge is 0.495 e. The smallest absolute Gasteiger partial charge is 0.289 e. The van der Waals surface area contributed by atoms with Crippen LogP contribution in [-0.4, -0.2) is 36.9 Å². The predicted octanol–water partition coefficient (Wildman–Crippen LogP) is 4.68. The molecule has 0 unspecified atom stereocenters. The summed E-state index contributed by atoms with van der Waals surface area (Å²) in [6.45, 7) is 1.02. The minimum atomic E-state index is -0.184. The van der Waals surface area contributed by atoms with Crippen LogP contribution in [-0.2, 0) is 4.79 Å². The molecule has 0 atom stereocenters. The van der Waals surface area contributed by atoms with E-state index >= 15 is 0 Å². The number of hydrogen-bond donors (Lipinski definition) is 1. The van der Waals surface area contributed by atoms with E-state index in [2.05, 4.69) is 5.32 Å². The molecular formula is C24H22N2O5. The topological polar surface area (TPSA) is 84.9 Å². The summed E-state index contributed by atoms with van der Waals surface area (Å²) < 4.78 is 16.7. The van der Waals surface area contributed by atoms with Crippen molar-refractivity contribution in [2.24, 2.45) is 5.92 Å². The summed E-state index contributed by atoms with van der Waals surface area (Å²) in [4.78, 5) is 27.1. The minimum absolute atomic E-state index is 0.0844. The van der Waals surface area contributed by atoms with E-state index < -0.39 is 0 Å². The number of nitrogens with one attached hydrogen (secondary N) is 1. The molecule has 1 aliphatic heterocycles. The fourth-order valence-corrected chi connectivity index (χ4v) is 4.15. The number of benzene rings is 2. The molecule has 158 valence electrons. The number of furan rings is 2. The molecule has 0 aliphatic carbocycles. The molecule has 4 aromatic rings. The number of anilines is 1. The predicted molar refractivity (Wildman–Crippen MR) is 116 cm³/mol. The molecule has 1 aliphatic rings. The van der Waals surface area contributed by atoms with Crippen molar-refractivity contribution in [2.75, 3.05) is 25.5 Å². The van der Waals surface area contributed by atoms with Crippen LogP contribution in [0.1, 0.15) is 23.4 Å². The van der Waals surface area contributed by atoms with Crippen LogP contribution in [0.25, 0.3) is 21.9 Å². The molecular weight excluding hydrogens is 396 g/mol. The van der Waals surface area contributed by atoms with Crippen LogP contribution in [0.5, 0.6) is 5.75 Å². The monoisotopic (exact) mass is 418 g/mol. The lowest BCUT2D eigenvalue weighted by Gasteiger charge is -2.30. The molecule has 1 N–H and O–H groups in total. The van der Waals surface area contributed by atoms with Gasteiger partial charge in [0, 0.05) is 35.8 Å². The highest BCUT2D eigenvalue weighted by Crippen LogP contribution is 2.36. The van der Waals surface area contributed by atoms with Crippen LogP contribution in [0, 0.1) is 5.92 Å². The zero-order valence-corrected chi connectivity index (χ0v) is 17.1. The molecule has 0 bridgehead atoms. The quantitative estimate of drug-likeness (QED) is 0.520. The summed E-state index contributed by atoms with van der Waals surface area (Å²) in [5, 5.41) is 4.94. The maximum atomic E-state index is 12.9. The fraction of sp³-hybridized carbons (Fsp3) is 0.250. The van der Waals surface area contributed by atoms with Gasteiger partial charge in [-0.3, -0.25) is 9.59 Å². The molecule has 0 spiro atoms. The van der Waals surface area contributed by atoms with Gasteiger partial charge in [0.25, 0.3) is 5.91 Å². The number of para-hydroxylation sites is 1. The maximum Gasteiger partial charge on any atom is 0.289 e. The first-order valence-electron chi connectivity index (χ1n) is 10.3. The highest BCUT2D eigenvalue weighted by molar-refractivity contribution is 6.08. The molecule has 7 heteroatoms. The Morgan fingerprint density at radius 2 is 1.84 bits per heavy atom. The van der Waals surface area contributed by atoms with E-state index in [0.29, 0.717) is 48.7 Å². The number of carbonyl (C=O) groups excluding carboxylic acids is 2. The van der Waals surface area contributed by atoms with Gasteiger partial charge in [-0.25, -0.2) is 0 Å². The Bertz CT molecular complexity index is 1250. The first-order valence-corrected chi connectivity index (χ1v) is 10.3. The maximum absolute atomic E-state index is 12.9. The lowest BCUT2D eigenvalue weighted by molar-refractivity contribution is -0.121. The standard InChI is InChI=1S/C24H22N2O5/c1-29-22-13-17-16-5-2-3-6-19(16)31-21(17)14-18(22)25-23(27)15-8-10-26(11-9-15)24(28)20-7-4-12-30-20/h2-7,12-15H,8-11H2,1H3,(H,25,27). The molecule has 1 saturated heterocycles. The summed E-state index contributed by atoms with van der Waals surface area (Å²) in [6.07, 6.45) is 2.67. The minimum Gasteiger partial charge on any atom is -0.495 e. The van der Waals surface area contributed by atoms with Crippen LogP contribution in [0.2, 0.25) is 0 Å². The number of likely N-dealkylation sites (tertiary alicyclic amines) is 1. The lowest BCUT2D eigenvalue weighted by atomic mass is 9.95. The Morgan fingerprint density at radius 3 is 2.58 bits per heavy atom. The van der Waals surface area contributed by atoms with E-state index in [1.165, 1.54) is 6.26 Å². The molecule has 1 fully saturated rings. The van der Waals surface area contributed by atoms with E-state index in [1.807, 2.05) is 36.4 Å². The SMILES string of the molecule is COc1cc2c(cc1NC(=O)C1CCN(C(=O)c3ccco3)CC1)oc1ccccc12. The second-order valence-corrected chi connectivity index (χ2v) is 7.68. The van der Waals surface area contributed by atoms with Gasteiger partial charge in [0.05, 0.1) is 19.1 Å². The van der Waals surface area contributed by atoms with Gasteiger partial charge in [0.2, 0.25) is 5.91 Å². The van der Waals surface area contributed by atoms with E-state index in [0.717, 1.165) is 16.4 Å². The molecule has 31 heavy (non-hydrogen) atoms. The summed E-state index contributed by atoms with van der Waals surface area (Å²) >= 11 is 0. The summed E-state index contributed by atoms with van der Waals surface area (Å²) in [5.41, 5.74) is 2.06. The van der Waals surface area contributed by atoms with Gasteiger partial charge in [-0.1, -0.05) is 18.2 Å². The molecule has 0 radical (unpaired) electrons. The van der Waals surface area contributed by atoms with Crippen LogP contribution in [0.15, 0.2) is 63.6 Å². The number of nitrogens with zero attached hydrogens (tertiary/aromatic N) is 1. The Hall–Kier alpha value is -3.74. The van der Waals surface area contributed by atoms with Crippen molar-refractivity contribution in [1.82, 2.24) is 4.90 Å². The highest BCUT2D eigenvalue weighted by Gasteiger charge is 2.29. The molecule has 7 nitrogen and oxygen atoms in total. The zero-order chi connectivity index (χ0) is 21.4. The number of amides is 2. The number of piperidine rings is 1. The first kappa shape index (κ1) is 19.2. The normalized spacial score (nSPS) is 14.8. The summed E-state index contributed by atoms with van der Waals surface area (Å²) in [7, 11) is 1.58. The van der Waals surface area contributed by atoms with Crippen molar-refractivity contribution >= 4 is 39.4 Å². The van der Waals surface area contributed by atoms with Crippen molar-refractivity contribution in [3.8, 4) is 5.75 Å². The lowest BCUT2D eigenvalue weighted by Crippen LogP contribution is -2.41. The van der Waals surface area contributed by atoms with Crippen LogP contribution < -0.4 is 10.1 Å². The van der Waals surface area contributed by atoms with E-state index in [9.17, 15) is 9.59 Å². The van der Waals surface area contributed by atoms with Crippen molar-refractivity contribution in [1.29, 1.82) is 0 Å². The Balaban J connectivity index is 1.31. The number of methoxy groups -OCH3 is 1. The van der Waals surface area contributed by atoms with Crippen LogP contribution in [0.4, 0.5) is 5.69 Å². The van der Waals surface area contributed by atoms with E-state index in [4.69, 9.17) is 13.6 Å². The summed E-state index contributed by atoms with van der Waals surface area (Å²) in [5.74, 6) is 0.501. The summed E-state index contributed by atoms with van der Waals surface area (Å²) in [6, 6.07) is 14.8. The second-order valence-electron chi connectivity index (χ2n) is 7.68. The van der Waals surface area contributed by atoms with Gasteiger partial charge in [0.15, 0.2) is 5.76 Å². The molecule has 5 rings (SSSR count). The molecule has 2 amide bonds. The number of hydrogen-bond acceptors (Lipinski definition) is 5. The van der Waals surface area contributed by atoms with Crippen molar-refractivity contribution < 1.29 is 23.2 Å². The van der Waals surface area contributed by atoms with Crippen molar-refractivity contribution in [2.45, 2.75) is 12.8 Å². The third-order valence-corrected chi connectivity index (χ3v) is 5.84. The van der Waals surface area contributed by atoms with Gasteiger partial charge in [0.1, 0.15) is 16.9 Å². The van der Waals surface area contributed by atoms with Crippen LogP contribution >= 0.6 is 0 Å². The fourth-order valence-electron chi connectivity index (χ4n) is 4.15. The van der Waals surface area contributed by atoms with Crippen LogP contribution in [0.3, 0.4) is 0 Å². The number of ether oxygens (including phenoxy) is 1. The van der Waals surface area contributed by atoms with Gasteiger partial charge >= 0.3 is 0 Å². The number of rotatable bonds is 4. The van der Waals surface area contributed by atoms with E-state index in [1.54, 1.807) is 24.1 Å². The molecule has 2 aromatic carbocycles. The van der Waals surface area contributed by atoms with E-state index in [-0.39, 0.29) is 17.7 Å². The average molecular weight is 418 g/mol. The second kappa shape index (κ2) is 7.83. The number of fused-ring (bicyclic) bond motifs is 3. The van der Waals surface area contributed by atoms with Gasteiger partial charge < -0.3 is 23.8 Å². The van der Waals surface area contributed by atoms with Crippen molar-refractivity contribution in [3.05, 3.63) is 60.6 Å². The number of carbonyl (C=O) groups is 2. The Morgan fingerprint density at radius 1 is 1.03 bits per heavy atom. The highest BCUT2D eigenvalue weighted by atomic mass is 16.5. The zero-order valence-electron chi connectivity index (χ0n) is 17.1. The Labute approximate surface area is 178 Å². The third kappa shape index (κ3) is 3.52. The van der Waals surface area contributed by atoms with Gasteiger partial charge in [-0.05, 0) is 37.1 Å². The molecule has 0 saturated carbocycles. The average Bonchev–Trinajstić information content (AvgIpc) is 3.46. The van der Waals surface area contributed by atoms with Gasteiger partial charge in [-0.15, -0.1) is 0 Å². The van der Waals surface area contributed by atoms with Gasteiger partial charge in [-0.2, -0.15) is 0 Å². The third-order valence-electron chi connectivity index (χ3n) is 5.84. The Kier molecular flexibility index (Phi) is 4.86. The molecule has 3 heterocycles. The molecule has 2 aromatic heterocycles. The van der Waals surface area contributed by atoms with Crippen molar-refractivity contribution in [3.63, 3.8) is 0 Å². The first-order chi connectivity index (χ1) is 15.1.